The van der Waals surface area contributed by atoms with Crippen molar-refractivity contribution in [1.82, 2.24) is 0 Å². The Morgan fingerprint density at radius 2 is 1.75 bits per heavy atom. The minimum Gasteiger partial charge on any atom is -0.395 e. The van der Waals surface area contributed by atoms with Crippen LogP contribution in [0.3, 0.4) is 0 Å². The molecule has 1 fully saturated rings. The average molecular weight is 286 g/mol. The molecular formula is C16H21F3O. The number of aliphatic hydroxyl groups excluding tert-OH is 1. The summed E-state index contributed by atoms with van der Waals surface area (Å²) in [6.45, 7) is 5.78. The Hall–Kier alpha value is -1.03. The molecule has 0 aromatic heterocycles. The minimum absolute atomic E-state index is 0.0699. The molecule has 0 unspecified atom stereocenters. The van der Waals surface area contributed by atoms with Crippen LogP contribution in [0.5, 0.6) is 0 Å². The summed E-state index contributed by atoms with van der Waals surface area (Å²) in [6, 6.07) is 2.08. The van der Waals surface area contributed by atoms with E-state index in [4.69, 9.17) is 0 Å². The molecule has 2 rings (SSSR count). The van der Waals surface area contributed by atoms with E-state index in [0.29, 0.717) is 5.56 Å². The first-order valence-electron chi connectivity index (χ1n) is 7.02. The highest BCUT2D eigenvalue weighted by molar-refractivity contribution is 5.32. The fourth-order valence-corrected chi connectivity index (χ4v) is 3.94. The van der Waals surface area contributed by atoms with Gasteiger partial charge in [0, 0.05) is 5.41 Å². The van der Waals surface area contributed by atoms with Crippen molar-refractivity contribution in [1.29, 1.82) is 0 Å². The molecule has 1 aliphatic carbocycles. The van der Waals surface area contributed by atoms with Gasteiger partial charge in [-0.1, -0.05) is 27.2 Å². The summed E-state index contributed by atoms with van der Waals surface area (Å²) < 4.78 is 40.4. The lowest BCUT2D eigenvalue weighted by atomic mass is 9.51. The lowest BCUT2D eigenvalue weighted by molar-refractivity contribution is -0.00767. The fourth-order valence-electron chi connectivity index (χ4n) is 3.94. The van der Waals surface area contributed by atoms with Gasteiger partial charge in [0.1, 0.15) is 0 Å². The van der Waals surface area contributed by atoms with Crippen molar-refractivity contribution in [3.05, 3.63) is 35.1 Å². The molecule has 0 bridgehead atoms. The largest absolute Gasteiger partial charge is 0.395 e. The Labute approximate surface area is 117 Å². The third-order valence-corrected chi connectivity index (χ3v) is 5.24. The van der Waals surface area contributed by atoms with E-state index >= 15 is 0 Å². The maximum absolute atomic E-state index is 13.6. The van der Waals surface area contributed by atoms with Gasteiger partial charge in [0.2, 0.25) is 0 Å². The smallest absolute Gasteiger partial charge is 0.194 e. The molecule has 0 radical (unpaired) electrons. The molecular weight excluding hydrogens is 265 g/mol. The lowest BCUT2D eigenvalue weighted by Crippen LogP contribution is -2.52. The Morgan fingerprint density at radius 3 is 2.20 bits per heavy atom. The molecule has 4 heteroatoms. The van der Waals surface area contributed by atoms with Crippen molar-refractivity contribution in [3.8, 4) is 0 Å². The lowest BCUT2D eigenvalue weighted by Gasteiger charge is -2.53. The number of rotatable bonds is 2. The first-order chi connectivity index (χ1) is 9.26. The predicted octanol–water partition coefficient (Wildman–Crippen LogP) is 4.18. The molecule has 0 aliphatic heterocycles. The van der Waals surface area contributed by atoms with E-state index in [-0.39, 0.29) is 17.9 Å². The van der Waals surface area contributed by atoms with E-state index < -0.39 is 22.9 Å². The first kappa shape index (κ1) is 15.4. The molecule has 1 aliphatic rings. The zero-order chi connectivity index (χ0) is 15.1. The monoisotopic (exact) mass is 286 g/mol. The Morgan fingerprint density at radius 1 is 1.20 bits per heavy atom. The van der Waals surface area contributed by atoms with Crippen molar-refractivity contribution in [2.45, 2.75) is 45.4 Å². The van der Waals surface area contributed by atoms with Gasteiger partial charge < -0.3 is 5.11 Å². The van der Waals surface area contributed by atoms with Crippen LogP contribution < -0.4 is 0 Å². The van der Waals surface area contributed by atoms with E-state index in [1.165, 1.54) is 0 Å². The number of halogens is 3. The van der Waals surface area contributed by atoms with Crippen LogP contribution in [0.15, 0.2) is 12.1 Å². The zero-order valence-electron chi connectivity index (χ0n) is 12.1. The van der Waals surface area contributed by atoms with Gasteiger partial charge in [0.25, 0.3) is 0 Å². The summed E-state index contributed by atoms with van der Waals surface area (Å²) in [5, 5.41) is 10.0. The maximum atomic E-state index is 13.6. The summed E-state index contributed by atoms with van der Waals surface area (Å²) in [5.41, 5.74) is -0.704. The Kier molecular flexibility index (Phi) is 3.89. The maximum Gasteiger partial charge on any atom is 0.194 e. The average Bonchev–Trinajstić information content (AvgIpc) is 2.35. The van der Waals surface area contributed by atoms with E-state index in [0.717, 1.165) is 31.4 Å². The number of benzene rings is 1. The van der Waals surface area contributed by atoms with Crippen molar-refractivity contribution in [3.63, 3.8) is 0 Å². The van der Waals surface area contributed by atoms with E-state index in [1.807, 2.05) is 20.8 Å². The molecule has 1 nitrogen and oxygen atoms in total. The van der Waals surface area contributed by atoms with Crippen LogP contribution in [0.2, 0.25) is 0 Å². The first-order valence-corrected chi connectivity index (χ1v) is 7.02. The second-order valence-corrected chi connectivity index (χ2v) is 6.56. The van der Waals surface area contributed by atoms with Crippen LogP contribution in [0.4, 0.5) is 13.2 Å². The summed E-state index contributed by atoms with van der Waals surface area (Å²) in [5.74, 6) is -3.77. The molecule has 112 valence electrons. The summed E-state index contributed by atoms with van der Waals surface area (Å²) in [6.07, 6.45) is 2.76. The van der Waals surface area contributed by atoms with Crippen LogP contribution in [0, 0.1) is 28.8 Å². The van der Waals surface area contributed by atoms with Crippen molar-refractivity contribution in [2.24, 2.45) is 11.3 Å². The highest BCUT2D eigenvalue weighted by Gasteiger charge is 2.52. The molecule has 0 heterocycles. The van der Waals surface area contributed by atoms with Gasteiger partial charge in [-0.25, -0.2) is 13.2 Å². The van der Waals surface area contributed by atoms with E-state index in [9.17, 15) is 18.3 Å². The van der Waals surface area contributed by atoms with Crippen LogP contribution in [0.25, 0.3) is 0 Å². The molecule has 0 saturated heterocycles. The highest BCUT2D eigenvalue weighted by Crippen LogP contribution is 2.54. The molecule has 0 spiro atoms. The van der Waals surface area contributed by atoms with Gasteiger partial charge in [-0.2, -0.15) is 0 Å². The number of aliphatic hydroxyl groups is 1. The van der Waals surface area contributed by atoms with E-state index in [2.05, 4.69) is 0 Å². The molecule has 2 atom stereocenters. The summed E-state index contributed by atoms with van der Waals surface area (Å²) >= 11 is 0. The van der Waals surface area contributed by atoms with Gasteiger partial charge in [-0.3, -0.25) is 0 Å². The van der Waals surface area contributed by atoms with Crippen LogP contribution in [0.1, 0.15) is 45.6 Å². The summed E-state index contributed by atoms with van der Waals surface area (Å²) in [4.78, 5) is 0. The van der Waals surface area contributed by atoms with Crippen LogP contribution >= 0.6 is 0 Å². The number of hydrogen-bond acceptors (Lipinski definition) is 1. The predicted molar refractivity (Wildman–Crippen MR) is 71.9 cm³/mol. The molecule has 1 N–H and O–H groups in total. The van der Waals surface area contributed by atoms with Crippen molar-refractivity contribution < 1.29 is 18.3 Å². The van der Waals surface area contributed by atoms with Crippen LogP contribution in [-0.2, 0) is 5.41 Å². The van der Waals surface area contributed by atoms with Crippen molar-refractivity contribution in [2.75, 3.05) is 6.61 Å². The SMILES string of the molecule is C[C@H]1CCCC(C)(C)[C@@]1(CO)c1cc(F)c(F)c(F)c1. The normalized spacial score (nSPS) is 29.4. The van der Waals surface area contributed by atoms with Crippen LogP contribution in [-0.4, -0.2) is 11.7 Å². The van der Waals surface area contributed by atoms with Gasteiger partial charge >= 0.3 is 0 Å². The van der Waals surface area contributed by atoms with E-state index in [1.54, 1.807) is 0 Å². The third-order valence-electron chi connectivity index (χ3n) is 5.24. The van der Waals surface area contributed by atoms with Gasteiger partial charge in [0.15, 0.2) is 17.5 Å². The summed E-state index contributed by atoms with van der Waals surface area (Å²) in [7, 11) is 0. The minimum atomic E-state index is -1.46. The number of hydrogen-bond donors (Lipinski definition) is 1. The van der Waals surface area contributed by atoms with Gasteiger partial charge in [-0.15, -0.1) is 0 Å². The standard InChI is InChI=1S/C16H21F3O/c1-10-5-4-6-15(2,3)16(10,9-20)11-7-12(17)14(19)13(18)8-11/h7-8,10,20H,4-6,9H2,1-3H3/t10-,16+/m0/s1. The second-order valence-electron chi connectivity index (χ2n) is 6.56. The van der Waals surface area contributed by atoms with Gasteiger partial charge in [0.05, 0.1) is 6.61 Å². The third kappa shape index (κ3) is 2.05. The quantitative estimate of drug-likeness (QED) is 0.809. The topological polar surface area (TPSA) is 20.2 Å². The molecule has 1 aromatic rings. The second kappa shape index (κ2) is 5.06. The Balaban J connectivity index is 2.66. The Bertz CT molecular complexity index is 489. The molecule has 1 aromatic carbocycles. The fraction of sp³-hybridized carbons (Fsp3) is 0.625. The van der Waals surface area contributed by atoms with Gasteiger partial charge in [-0.05, 0) is 41.9 Å². The molecule has 1 saturated carbocycles. The molecule has 20 heavy (non-hydrogen) atoms. The zero-order valence-corrected chi connectivity index (χ0v) is 12.1. The highest BCUT2D eigenvalue weighted by atomic mass is 19.2. The van der Waals surface area contributed by atoms with Crippen molar-refractivity contribution >= 4 is 0 Å². The molecule has 0 amide bonds.